The van der Waals surface area contributed by atoms with Crippen molar-refractivity contribution in [2.24, 2.45) is 0 Å². The lowest BCUT2D eigenvalue weighted by Gasteiger charge is -2.23. The molecule has 3 heterocycles. The van der Waals surface area contributed by atoms with Gasteiger partial charge in [0.1, 0.15) is 5.75 Å². The van der Waals surface area contributed by atoms with Gasteiger partial charge in [-0.25, -0.2) is 9.48 Å². The number of anilines is 1. The Labute approximate surface area is 212 Å². The highest BCUT2D eigenvalue weighted by molar-refractivity contribution is 5.75. The first-order valence-electron chi connectivity index (χ1n) is 11.8. The van der Waals surface area contributed by atoms with Crippen molar-refractivity contribution in [2.45, 2.75) is 38.5 Å². The number of alkyl halides is 3. The number of carboxylic acid groups (broad SMARTS) is 1. The minimum absolute atomic E-state index is 0.152. The zero-order chi connectivity index (χ0) is 26.6. The van der Waals surface area contributed by atoms with Gasteiger partial charge in [0.25, 0.3) is 0 Å². The molecule has 0 bridgehead atoms. The number of fused-ring (bicyclic) bond motifs is 3. The molecular weight excluding hydrogens is 487 g/mol. The highest BCUT2D eigenvalue weighted by Gasteiger charge is 2.38. The van der Waals surface area contributed by atoms with E-state index >= 15 is 0 Å². The summed E-state index contributed by atoms with van der Waals surface area (Å²) < 4.78 is 39.4. The van der Waals surface area contributed by atoms with Crippen molar-refractivity contribution in [3.05, 3.63) is 65.4 Å². The second kappa shape index (κ2) is 11.0. The van der Waals surface area contributed by atoms with Crippen LogP contribution in [0.15, 0.2) is 48.5 Å². The molecule has 0 saturated carbocycles. The number of nitrogens with zero attached hydrogens (tertiary/aromatic N) is 3. The summed E-state index contributed by atoms with van der Waals surface area (Å²) in [6.07, 6.45) is -0.797. The maximum absolute atomic E-state index is 10.6. The molecule has 37 heavy (non-hydrogen) atoms. The second-order valence-electron chi connectivity index (χ2n) is 8.72. The van der Waals surface area contributed by atoms with Crippen molar-refractivity contribution >= 4 is 17.2 Å². The number of hydrogen-bond acceptors (Lipinski definition) is 6. The van der Waals surface area contributed by atoms with Crippen LogP contribution in [-0.2, 0) is 11.3 Å². The molecule has 0 amide bonds. The van der Waals surface area contributed by atoms with Gasteiger partial charge in [-0.05, 0) is 61.2 Å². The smallest absolute Gasteiger partial charge is 0.490 e. The number of benzene rings is 2. The van der Waals surface area contributed by atoms with E-state index < -0.39 is 12.1 Å². The molecule has 1 unspecified atom stereocenters. The van der Waals surface area contributed by atoms with Crippen LogP contribution in [0.4, 0.5) is 18.9 Å². The zero-order valence-electron chi connectivity index (χ0n) is 20.5. The Morgan fingerprint density at radius 1 is 1.24 bits per heavy atom. The summed E-state index contributed by atoms with van der Waals surface area (Å²) in [7, 11) is 1.72. The third-order valence-corrected chi connectivity index (χ3v) is 6.33. The van der Waals surface area contributed by atoms with Crippen LogP contribution in [0.2, 0.25) is 0 Å². The van der Waals surface area contributed by atoms with Crippen molar-refractivity contribution in [2.75, 3.05) is 25.5 Å². The molecule has 0 aliphatic carbocycles. The van der Waals surface area contributed by atoms with E-state index in [9.17, 15) is 13.2 Å². The van der Waals surface area contributed by atoms with Crippen molar-refractivity contribution in [3.8, 4) is 17.0 Å². The van der Waals surface area contributed by atoms with Crippen LogP contribution < -0.4 is 15.4 Å². The third kappa shape index (κ3) is 5.93. The summed E-state index contributed by atoms with van der Waals surface area (Å²) >= 11 is 0. The van der Waals surface area contributed by atoms with Gasteiger partial charge in [0.05, 0.1) is 30.2 Å². The van der Waals surface area contributed by atoms with E-state index in [1.165, 1.54) is 22.3 Å². The number of ether oxygens (including phenoxy) is 1. The summed E-state index contributed by atoms with van der Waals surface area (Å²) in [5, 5.41) is 23.0. The van der Waals surface area contributed by atoms with Gasteiger partial charge in [0.2, 0.25) is 0 Å². The van der Waals surface area contributed by atoms with Crippen LogP contribution in [0.3, 0.4) is 0 Å². The molecule has 2 aliphatic heterocycles. The van der Waals surface area contributed by atoms with Gasteiger partial charge in [-0.15, -0.1) is 5.10 Å². The van der Waals surface area contributed by atoms with Crippen LogP contribution in [0.25, 0.3) is 16.8 Å². The molecule has 8 nitrogen and oxygen atoms in total. The largest absolute Gasteiger partial charge is 0.495 e. The van der Waals surface area contributed by atoms with E-state index in [0.29, 0.717) is 0 Å². The standard InChI is InChI=1S/C24H27N5O.C2HF3O2/c1-16-24-19-8-7-18(17-9-12-25-13-10-17)15-20(19)21(11-14-29(24)28-27-16)26-22-5-3-4-6-23(22)30-2;3-2(4,5)1(6)7/h3-9,15,21,25-26H,10-14H2,1-2H3;(H,6,7). The Morgan fingerprint density at radius 3 is 2.68 bits per heavy atom. The molecular formula is C26H28F3N5O3. The maximum atomic E-state index is 10.6. The van der Waals surface area contributed by atoms with E-state index in [2.05, 4.69) is 51.3 Å². The number of aromatic nitrogens is 3. The summed E-state index contributed by atoms with van der Waals surface area (Å²) in [6.45, 7) is 4.83. The molecule has 2 aliphatic rings. The first-order chi connectivity index (χ1) is 17.7. The Morgan fingerprint density at radius 2 is 2.00 bits per heavy atom. The van der Waals surface area contributed by atoms with Gasteiger partial charge in [0, 0.05) is 18.7 Å². The molecule has 5 rings (SSSR count). The SMILES string of the molecule is COc1ccccc1NC1CCn2nnc(C)c2-c2ccc(C3=CCNCC3)cc21.O=C(O)C(F)(F)F. The Bertz CT molecular complexity index is 1300. The molecule has 196 valence electrons. The van der Waals surface area contributed by atoms with E-state index in [0.717, 1.165) is 55.3 Å². The molecule has 0 saturated heterocycles. The Kier molecular flexibility index (Phi) is 7.82. The van der Waals surface area contributed by atoms with E-state index in [4.69, 9.17) is 14.6 Å². The van der Waals surface area contributed by atoms with Crippen molar-refractivity contribution < 1.29 is 27.8 Å². The normalized spacial score (nSPS) is 16.8. The van der Waals surface area contributed by atoms with E-state index in [1.807, 2.05) is 29.8 Å². The molecule has 11 heteroatoms. The van der Waals surface area contributed by atoms with Gasteiger partial charge in [0.15, 0.2) is 0 Å². The van der Waals surface area contributed by atoms with Gasteiger partial charge < -0.3 is 20.5 Å². The number of carboxylic acids is 1. The van der Waals surface area contributed by atoms with Crippen LogP contribution in [0, 0.1) is 6.92 Å². The number of para-hydroxylation sites is 2. The lowest BCUT2D eigenvalue weighted by molar-refractivity contribution is -0.192. The molecule has 1 atom stereocenters. The fourth-order valence-electron chi connectivity index (χ4n) is 4.55. The minimum Gasteiger partial charge on any atom is -0.495 e. The third-order valence-electron chi connectivity index (χ3n) is 6.33. The lowest BCUT2D eigenvalue weighted by Crippen LogP contribution is -2.21. The molecule has 0 radical (unpaired) electrons. The van der Waals surface area contributed by atoms with Crippen LogP contribution in [0.1, 0.15) is 35.7 Å². The maximum Gasteiger partial charge on any atom is 0.490 e. The van der Waals surface area contributed by atoms with Gasteiger partial charge in [-0.1, -0.05) is 35.6 Å². The van der Waals surface area contributed by atoms with Gasteiger partial charge in [-0.3, -0.25) is 0 Å². The molecule has 3 N–H and O–H groups in total. The molecule has 1 aromatic heterocycles. The summed E-state index contributed by atoms with van der Waals surface area (Å²) in [4.78, 5) is 8.90. The highest BCUT2D eigenvalue weighted by atomic mass is 19.4. The number of halogens is 3. The lowest BCUT2D eigenvalue weighted by atomic mass is 9.90. The van der Waals surface area contributed by atoms with Crippen molar-refractivity contribution in [3.63, 3.8) is 0 Å². The minimum atomic E-state index is -5.08. The fourth-order valence-corrected chi connectivity index (χ4v) is 4.55. The quantitative estimate of drug-likeness (QED) is 0.458. The Balaban J connectivity index is 0.000000405. The second-order valence-corrected chi connectivity index (χ2v) is 8.72. The van der Waals surface area contributed by atoms with E-state index in [-0.39, 0.29) is 6.04 Å². The number of nitrogens with one attached hydrogen (secondary N) is 2. The van der Waals surface area contributed by atoms with E-state index in [1.54, 1.807) is 7.11 Å². The summed E-state index contributed by atoms with van der Waals surface area (Å²) in [5.74, 6) is -1.90. The summed E-state index contributed by atoms with van der Waals surface area (Å²) in [6, 6.07) is 15.1. The average molecular weight is 516 g/mol. The van der Waals surface area contributed by atoms with Crippen molar-refractivity contribution in [1.82, 2.24) is 20.3 Å². The molecule has 2 aromatic carbocycles. The Hall–Kier alpha value is -3.86. The molecule has 3 aromatic rings. The predicted molar refractivity (Wildman–Crippen MR) is 133 cm³/mol. The number of methoxy groups -OCH3 is 1. The molecule has 0 spiro atoms. The van der Waals surface area contributed by atoms with Gasteiger partial charge in [-0.2, -0.15) is 13.2 Å². The number of aliphatic carboxylic acids is 1. The average Bonchev–Trinajstić information content (AvgIpc) is 3.18. The number of aryl methyl sites for hydroxylation is 2. The first kappa shape index (κ1) is 26.2. The zero-order valence-corrected chi connectivity index (χ0v) is 20.5. The molecule has 0 fully saturated rings. The number of rotatable bonds is 4. The first-order valence-corrected chi connectivity index (χ1v) is 11.8. The van der Waals surface area contributed by atoms with Crippen LogP contribution >= 0.6 is 0 Å². The van der Waals surface area contributed by atoms with Crippen LogP contribution in [-0.4, -0.2) is 52.4 Å². The number of hydrogen-bond donors (Lipinski definition) is 3. The number of carbonyl (C=O) groups is 1. The monoisotopic (exact) mass is 515 g/mol. The highest BCUT2D eigenvalue weighted by Crippen LogP contribution is 2.39. The van der Waals surface area contributed by atoms with Gasteiger partial charge >= 0.3 is 12.1 Å². The van der Waals surface area contributed by atoms with Crippen molar-refractivity contribution in [1.29, 1.82) is 0 Å². The topological polar surface area (TPSA) is 101 Å². The van der Waals surface area contributed by atoms with Crippen LogP contribution in [0.5, 0.6) is 5.75 Å². The fraction of sp³-hybridized carbons (Fsp3) is 0.346. The summed E-state index contributed by atoms with van der Waals surface area (Å²) in [5.41, 5.74) is 8.34. The predicted octanol–water partition coefficient (Wildman–Crippen LogP) is 4.83.